The summed E-state index contributed by atoms with van der Waals surface area (Å²) in [5.74, 6) is 0.232. The first-order valence-corrected chi connectivity index (χ1v) is 4.55. The van der Waals surface area contributed by atoms with Crippen LogP contribution in [0.3, 0.4) is 0 Å². The van der Waals surface area contributed by atoms with Crippen LogP contribution in [0.15, 0.2) is 24.3 Å². The average molecular weight is 205 g/mol. The van der Waals surface area contributed by atoms with E-state index in [4.69, 9.17) is 4.74 Å². The molecule has 1 heterocycles. The zero-order valence-corrected chi connectivity index (χ0v) is 8.52. The van der Waals surface area contributed by atoms with E-state index in [1.54, 1.807) is 29.8 Å². The van der Waals surface area contributed by atoms with Gasteiger partial charge in [-0.05, 0) is 6.07 Å². The normalized spacial score (nSPS) is 10.5. The molecule has 15 heavy (non-hydrogen) atoms. The predicted molar refractivity (Wildman–Crippen MR) is 55.9 cm³/mol. The van der Waals surface area contributed by atoms with Crippen molar-refractivity contribution in [3.8, 4) is 11.6 Å². The first-order chi connectivity index (χ1) is 7.09. The maximum Gasteiger partial charge on any atom is 0.308 e. The summed E-state index contributed by atoms with van der Waals surface area (Å²) in [6.45, 7) is 1.35. The third-order valence-corrected chi connectivity index (χ3v) is 2.25. The minimum absolute atomic E-state index is 0.143. The van der Waals surface area contributed by atoms with Gasteiger partial charge in [0.2, 0.25) is 0 Å². The number of fused-ring (bicyclic) bond motifs is 1. The molecule has 0 bridgehead atoms. The van der Waals surface area contributed by atoms with E-state index in [9.17, 15) is 9.90 Å². The maximum absolute atomic E-state index is 10.9. The van der Waals surface area contributed by atoms with E-state index in [-0.39, 0.29) is 11.8 Å². The van der Waals surface area contributed by atoms with E-state index in [0.29, 0.717) is 11.3 Å². The van der Waals surface area contributed by atoms with Crippen molar-refractivity contribution >= 4 is 16.9 Å². The second-order valence-electron chi connectivity index (χ2n) is 3.35. The van der Waals surface area contributed by atoms with E-state index in [2.05, 4.69) is 0 Å². The Bertz CT molecular complexity index is 528. The summed E-state index contributed by atoms with van der Waals surface area (Å²) in [5.41, 5.74) is 0.713. The van der Waals surface area contributed by atoms with Crippen molar-refractivity contribution in [2.45, 2.75) is 6.92 Å². The van der Waals surface area contributed by atoms with Crippen LogP contribution in [-0.4, -0.2) is 15.6 Å². The first-order valence-electron chi connectivity index (χ1n) is 4.55. The first kappa shape index (κ1) is 9.58. The lowest BCUT2D eigenvalue weighted by Gasteiger charge is -2.05. The van der Waals surface area contributed by atoms with E-state index < -0.39 is 0 Å². The van der Waals surface area contributed by atoms with Gasteiger partial charge in [-0.3, -0.25) is 4.79 Å². The summed E-state index contributed by atoms with van der Waals surface area (Å²) in [7, 11) is 1.71. The van der Waals surface area contributed by atoms with Gasteiger partial charge >= 0.3 is 5.97 Å². The largest absolute Gasteiger partial charge is 0.494 e. The van der Waals surface area contributed by atoms with E-state index in [1.165, 1.54) is 6.92 Å². The number of para-hydroxylation sites is 1. The molecule has 1 N–H and O–H groups in total. The third kappa shape index (κ3) is 1.54. The number of rotatable bonds is 1. The van der Waals surface area contributed by atoms with Crippen LogP contribution in [0.1, 0.15) is 6.92 Å². The summed E-state index contributed by atoms with van der Waals surface area (Å²) in [5, 5.41) is 10.4. The lowest BCUT2D eigenvalue weighted by Crippen LogP contribution is -2.02. The highest BCUT2D eigenvalue weighted by atomic mass is 16.5. The molecule has 0 amide bonds. The number of esters is 1. The zero-order valence-electron chi connectivity index (χ0n) is 8.52. The number of carbonyl (C=O) groups is 1. The van der Waals surface area contributed by atoms with Crippen molar-refractivity contribution in [2.24, 2.45) is 7.05 Å². The minimum Gasteiger partial charge on any atom is -0.494 e. The molecule has 4 nitrogen and oxygen atoms in total. The highest BCUT2D eigenvalue weighted by Gasteiger charge is 2.10. The van der Waals surface area contributed by atoms with Crippen LogP contribution in [0.5, 0.6) is 11.6 Å². The number of benzene rings is 1. The van der Waals surface area contributed by atoms with Crippen LogP contribution >= 0.6 is 0 Å². The van der Waals surface area contributed by atoms with Gasteiger partial charge in [-0.2, -0.15) is 0 Å². The summed E-state index contributed by atoms with van der Waals surface area (Å²) in [6.07, 6.45) is 0. The third-order valence-electron chi connectivity index (χ3n) is 2.25. The number of hydrogen-bond donors (Lipinski definition) is 1. The Morgan fingerprint density at radius 1 is 1.47 bits per heavy atom. The second-order valence-corrected chi connectivity index (χ2v) is 3.35. The van der Waals surface area contributed by atoms with Gasteiger partial charge in [-0.1, -0.05) is 12.1 Å². The smallest absolute Gasteiger partial charge is 0.308 e. The highest BCUT2D eigenvalue weighted by Crippen LogP contribution is 2.30. The molecule has 0 radical (unpaired) electrons. The summed E-state index contributed by atoms with van der Waals surface area (Å²) < 4.78 is 6.63. The quantitative estimate of drug-likeness (QED) is 0.570. The van der Waals surface area contributed by atoms with Gasteiger partial charge in [0.1, 0.15) is 0 Å². The molecule has 0 saturated heterocycles. The molecule has 78 valence electrons. The predicted octanol–water partition coefficient (Wildman–Crippen LogP) is 1.81. The van der Waals surface area contributed by atoms with Gasteiger partial charge in [0.05, 0.1) is 5.52 Å². The molecular weight excluding hydrogens is 194 g/mol. The van der Waals surface area contributed by atoms with Crippen LogP contribution in [0, 0.1) is 0 Å². The number of aryl methyl sites for hydroxylation is 1. The Morgan fingerprint density at radius 2 is 2.20 bits per heavy atom. The second kappa shape index (κ2) is 3.31. The van der Waals surface area contributed by atoms with E-state index in [0.717, 1.165) is 5.39 Å². The van der Waals surface area contributed by atoms with Crippen molar-refractivity contribution < 1.29 is 14.6 Å². The van der Waals surface area contributed by atoms with E-state index >= 15 is 0 Å². The lowest BCUT2D eigenvalue weighted by atomic mass is 10.2. The molecule has 0 unspecified atom stereocenters. The summed E-state index contributed by atoms with van der Waals surface area (Å²) >= 11 is 0. The zero-order chi connectivity index (χ0) is 11.0. The highest BCUT2D eigenvalue weighted by molar-refractivity contribution is 5.89. The van der Waals surface area contributed by atoms with Crippen molar-refractivity contribution in [2.75, 3.05) is 0 Å². The Kier molecular flexibility index (Phi) is 2.11. The van der Waals surface area contributed by atoms with Gasteiger partial charge in [-0.25, -0.2) is 0 Å². The standard InChI is InChI=1S/C11H11NO3/c1-7(13)15-9-5-3-4-8-6-10(14)12(2)11(8)9/h3-6,14H,1-2H3. The fraction of sp³-hybridized carbons (Fsp3) is 0.182. The van der Waals surface area contributed by atoms with Crippen LogP contribution in [0.2, 0.25) is 0 Å². The van der Waals surface area contributed by atoms with Gasteiger partial charge in [0.15, 0.2) is 11.6 Å². The lowest BCUT2D eigenvalue weighted by molar-refractivity contribution is -0.131. The number of aromatic nitrogens is 1. The van der Waals surface area contributed by atoms with Crippen LogP contribution in [0.25, 0.3) is 10.9 Å². The van der Waals surface area contributed by atoms with Crippen molar-refractivity contribution in [3.63, 3.8) is 0 Å². The van der Waals surface area contributed by atoms with Gasteiger partial charge in [-0.15, -0.1) is 0 Å². The molecule has 0 saturated carbocycles. The minimum atomic E-state index is -0.372. The van der Waals surface area contributed by atoms with Crippen LogP contribution < -0.4 is 4.74 Å². The Hall–Kier alpha value is -1.97. The molecule has 1 aromatic heterocycles. The Balaban J connectivity index is 2.68. The monoisotopic (exact) mass is 205 g/mol. The number of carbonyl (C=O) groups excluding carboxylic acids is 1. The molecular formula is C11H11NO3. The van der Waals surface area contributed by atoms with Crippen LogP contribution in [0.4, 0.5) is 0 Å². The number of hydrogen-bond acceptors (Lipinski definition) is 3. The van der Waals surface area contributed by atoms with Gasteiger partial charge < -0.3 is 14.4 Å². The molecule has 1 aromatic carbocycles. The van der Waals surface area contributed by atoms with E-state index in [1.807, 2.05) is 6.07 Å². The van der Waals surface area contributed by atoms with Gasteiger partial charge in [0, 0.05) is 25.4 Å². The molecule has 0 atom stereocenters. The Morgan fingerprint density at radius 3 is 2.87 bits per heavy atom. The number of nitrogens with zero attached hydrogens (tertiary/aromatic N) is 1. The molecule has 2 aromatic rings. The average Bonchev–Trinajstić information content (AvgIpc) is 2.43. The molecule has 0 spiro atoms. The molecule has 0 fully saturated rings. The maximum atomic E-state index is 10.9. The fourth-order valence-corrected chi connectivity index (χ4v) is 1.60. The van der Waals surface area contributed by atoms with Crippen molar-refractivity contribution in [1.29, 1.82) is 0 Å². The Labute approximate surface area is 86.7 Å². The molecule has 4 heteroatoms. The van der Waals surface area contributed by atoms with Crippen LogP contribution in [-0.2, 0) is 11.8 Å². The molecule has 0 aliphatic heterocycles. The topological polar surface area (TPSA) is 51.5 Å². The van der Waals surface area contributed by atoms with Gasteiger partial charge in [0.25, 0.3) is 0 Å². The number of aromatic hydroxyl groups is 1. The number of ether oxygens (including phenoxy) is 1. The summed E-state index contributed by atoms with van der Waals surface area (Å²) in [4.78, 5) is 10.9. The van der Waals surface area contributed by atoms with Crippen molar-refractivity contribution in [3.05, 3.63) is 24.3 Å². The molecule has 2 rings (SSSR count). The fourth-order valence-electron chi connectivity index (χ4n) is 1.60. The summed E-state index contributed by atoms with van der Waals surface area (Å²) in [6, 6.07) is 6.95. The van der Waals surface area contributed by atoms with Crippen molar-refractivity contribution in [1.82, 2.24) is 4.57 Å². The molecule has 0 aliphatic rings. The molecule has 0 aliphatic carbocycles. The SMILES string of the molecule is CC(=O)Oc1cccc2cc(O)n(C)c12.